The monoisotopic (exact) mass is 436 g/mol. The molecule has 2 aromatic carbocycles. The molecule has 4 rings (SSSR count). The average molecular weight is 437 g/mol. The highest BCUT2D eigenvalue weighted by molar-refractivity contribution is 7.79. The topological polar surface area (TPSA) is 64.6 Å². The Kier molecular flexibility index (Phi) is 6.77. The Morgan fingerprint density at radius 2 is 1.47 bits per heavy atom. The third-order valence-electron chi connectivity index (χ3n) is 5.30. The molecule has 2 heterocycles. The van der Waals surface area contributed by atoms with Crippen LogP contribution in [-0.4, -0.2) is 47.3 Å². The van der Waals surface area contributed by atoms with Crippen molar-refractivity contribution in [3.05, 3.63) is 35.4 Å². The Morgan fingerprint density at radius 3 is 2.00 bits per heavy atom. The van der Waals surface area contributed by atoms with E-state index in [1.54, 1.807) is 34.7 Å². The van der Waals surface area contributed by atoms with Crippen molar-refractivity contribution in [3.63, 3.8) is 0 Å². The quantitative estimate of drug-likeness (QED) is 0.703. The molecule has 0 fully saturated rings. The molecular weight excluding hydrogens is 408 g/mol. The van der Waals surface area contributed by atoms with Gasteiger partial charge in [-0.25, -0.2) is 0 Å². The summed E-state index contributed by atoms with van der Waals surface area (Å²) in [7, 11) is 6.45. The van der Waals surface area contributed by atoms with E-state index in [4.69, 9.17) is 33.2 Å². The van der Waals surface area contributed by atoms with Gasteiger partial charge in [-0.05, 0) is 30.0 Å². The smallest absolute Gasteiger partial charge is 0.231 e. The van der Waals surface area contributed by atoms with Crippen molar-refractivity contribution in [3.8, 4) is 34.5 Å². The normalized spacial score (nSPS) is 21.0. The van der Waals surface area contributed by atoms with Gasteiger partial charge in [0.05, 0.1) is 21.3 Å². The Hall–Kier alpha value is -2.45. The van der Waals surface area contributed by atoms with E-state index in [0.29, 0.717) is 40.9 Å². The zero-order valence-electron chi connectivity index (χ0n) is 18.1. The molecule has 2 aromatic rings. The molecule has 0 bridgehead atoms. The lowest BCUT2D eigenvalue weighted by molar-refractivity contribution is -0.163. The van der Waals surface area contributed by atoms with Crippen LogP contribution in [0, 0.1) is 0 Å². The van der Waals surface area contributed by atoms with Crippen LogP contribution in [0.4, 0.5) is 0 Å². The molecular formula is C22H28O7S. The fourth-order valence-electron chi connectivity index (χ4n) is 3.78. The third kappa shape index (κ3) is 3.94. The molecule has 0 N–H and O–H groups in total. The molecule has 0 aliphatic carbocycles. The van der Waals surface area contributed by atoms with Gasteiger partial charge in [0.15, 0.2) is 23.0 Å². The fourth-order valence-corrected chi connectivity index (χ4v) is 3.78. The van der Waals surface area contributed by atoms with Crippen LogP contribution >= 0.6 is 12.6 Å². The number of benzene rings is 2. The maximum absolute atomic E-state index is 6.16. The fraction of sp³-hybridized carbons (Fsp3) is 0.455. The van der Waals surface area contributed by atoms with Crippen molar-refractivity contribution >= 4 is 12.6 Å². The second kappa shape index (κ2) is 9.14. The van der Waals surface area contributed by atoms with Gasteiger partial charge in [-0.15, -0.1) is 0 Å². The van der Waals surface area contributed by atoms with Crippen molar-refractivity contribution in [2.45, 2.75) is 25.0 Å². The van der Waals surface area contributed by atoms with Crippen molar-refractivity contribution in [2.75, 3.05) is 41.5 Å². The average Bonchev–Trinajstić information content (AvgIpc) is 3.24. The molecule has 2 aliphatic heterocycles. The summed E-state index contributed by atoms with van der Waals surface area (Å²) in [5, 5.41) is 0. The minimum Gasteiger partial charge on any atom is -0.493 e. The number of fused-ring (bicyclic) bond motifs is 2. The van der Waals surface area contributed by atoms with E-state index >= 15 is 0 Å². The van der Waals surface area contributed by atoms with Crippen LogP contribution in [0.25, 0.3) is 0 Å². The first-order chi connectivity index (χ1) is 14.5. The van der Waals surface area contributed by atoms with Crippen molar-refractivity contribution in [2.24, 2.45) is 0 Å². The number of thiol groups is 1. The summed E-state index contributed by atoms with van der Waals surface area (Å²) in [6.45, 7) is 2.13. The third-order valence-corrected chi connectivity index (χ3v) is 5.30. The van der Waals surface area contributed by atoms with Gasteiger partial charge in [-0.2, -0.15) is 12.6 Å². The van der Waals surface area contributed by atoms with E-state index in [-0.39, 0.29) is 12.7 Å². The first-order valence-electron chi connectivity index (χ1n) is 9.44. The van der Waals surface area contributed by atoms with Gasteiger partial charge in [0, 0.05) is 38.0 Å². The van der Waals surface area contributed by atoms with E-state index in [1.807, 2.05) is 31.2 Å². The molecule has 164 valence electrons. The van der Waals surface area contributed by atoms with Crippen LogP contribution in [0.15, 0.2) is 24.3 Å². The van der Waals surface area contributed by atoms with Gasteiger partial charge in [-0.1, -0.05) is 0 Å². The standard InChI is InChI=1S/C21H24O7.CH4S/c1-21(25-5)10-14(12-6-18(22-2)20(24-4)19(7-12)23-3)13-8-16-17(27-11-26-16)9-15(13)28-21;1-2/h6-9,14H,10-11H2,1-5H3;2H,1H3. The number of rotatable bonds is 5. The molecule has 7 nitrogen and oxygen atoms in total. The molecule has 2 aliphatic rings. The number of hydrogen-bond donors (Lipinski definition) is 1. The molecule has 30 heavy (non-hydrogen) atoms. The van der Waals surface area contributed by atoms with Crippen molar-refractivity contribution in [1.82, 2.24) is 0 Å². The zero-order valence-corrected chi connectivity index (χ0v) is 19.0. The molecule has 0 saturated carbocycles. The van der Waals surface area contributed by atoms with Crippen LogP contribution in [0.1, 0.15) is 30.4 Å². The van der Waals surface area contributed by atoms with E-state index in [9.17, 15) is 0 Å². The minimum absolute atomic E-state index is 0.0306. The number of hydrogen-bond acceptors (Lipinski definition) is 8. The predicted octanol–water partition coefficient (Wildman–Crippen LogP) is 4.26. The second-order valence-electron chi connectivity index (χ2n) is 6.90. The van der Waals surface area contributed by atoms with Crippen LogP contribution in [0.2, 0.25) is 0 Å². The van der Waals surface area contributed by atoms with Gasteiger partial charge in [0.25, 0.3) is 0 Å². The highest BCUT2D eigenvalue weighted by Crippen LogP contribution is 2.51. The summed E-state index contributed by atoms with van der Waals surface area (Å²) in [6.07, 6.45) is 2.30. The number of ether oxygens (including phenoxy) is 7. The summed E-state index contributed by atoms with van der Waals surface area (Å²) in [4.78, 5) is 0. The molecule has 2 unspecified atom stereocenters. The molecule has 0 spiro atoms. The maximum atomic E-state index is 6.16. The highest BCUT2D eigenvalue weighted by atomic mass is 32.1. The zero-order chi connectivity index (χ0) is 21.9. The summed E-state index contributed by atoms with van der Waals surface area (Å²) >= 11 is 3.53. The van der Waals surface area contributed by atoms with Crippen molar-refractivity contribution in [1.29, 1.82) is 0 Å². The molecule has 0 amide bonds. The van der Waals surface area contributed by atoms with Gasteiger partial charge >= 0.3 is 0 Å². The van der Waals surface area contributed by atoms with Crippen LogP contribution in [0.3, 0.4) is 0 Å². The molecule has 2 atom stereocenters. The summed E-state index contributed by atoms with van der Waals surface area (Å²) in [6, 6.07) is 7.75. The van der Waals surface area contributed by atoms with Gasteiger partial charge in [0.2, 0.25) is 18.3 Å². The Morgan fingerprint density at radius 1 is 0.867 bits per heavy atom. The van der Waals surface area contributed by atoms with Crippen LogP contribution in [0.5, 0.6) is 34.5 Å². The van der Waals surface area contributed by atoms with E-state index < -0.39 is 5.79 Å². The van der Waals surface area contributed by atoms with Crippen LogP contribution < -0.4 is 28.4 Å². The first-order valence-corrected chi connectivity index (χ1v) is 10.3. The Bertz CT molecular complexity index is 876. The van der Waals surface area contributed by atoms with E-state index in [1.165, 1.54) is 0 Å². The Balaban J connectivity index is 0.00000124. The van der Waals surface area contributed by atoms with Gasteiger partial charge in [0.1, 0.15) is 5.75 Å². The van der Waals surface area contributed by atoms with Gasteiger partial charge < -0.3 is 33.2 Å². The lowest BCUT2D eigenvalue weighted by atomic mass is 9.82. The summed E-state index contributed by atoms with van der Waals surface area (Å²) < 4.78 is 39.5. The van der Waals surface area contributed by atoms with Crippen molar-refractivity contribution < 1.29 is 33.2 Å². The SMILES string of the molecule is COc1cc(C2CC(C)(OC)Oc3cc4c(cc32)OCO4)cc(OC)c1OC.CS. The molecule has 0 aromatic heterocycles. The minimum atomic E-state index is -0.786. The summed E-state index contributed by atoms with van der Waals surface area (Å²) in [5.41, 5.74) is 1.99. The summed E-state index contributed by atoms with van der Waals surface area (Å²) in [5.74, 6) is 3.03. The highest BCUT2D eigenvalue weighted by Gasteiger charge is 2.40. The number of methoxy groups -OCH3 is 4. The van der Waals surface area contributed by atoms with Crippen LogP contribution in [-0.2, 0) is 4.74 Å². The maximum Gasteiger partial charge on any atom is 0.231 e. The van der Waals surface area contributed by atoms with E-state index in [0.717, 1.165) is 11.1 Å². The van der Waals surface area contributed by atoms with Gasteiger partial charge in [-0.3, -0.25) is 0 Å². The first kappa shape index (κ1) is 22.2. The molecule has 0 saturated heterocycles. The lowest BCUT2D eigenvalue weighted by Gasteiger charge is -2.39. The second-order valence-corrected chi connectivity index (χ2v) is 6.90. The van der Waals surface area contributed by atoms with E-state index in [2.05, 4.69) is 12.6 Å². The Labute approximate surface area is 182 Å². The predicted molar refractivity (Wildman–Crippen MR) is 116 cm³/mol. The largest absolute Gasteiger partial charge is 0.493 e. The lowest BCUT2D eigenvalue weighted by Crippen LogP contribution is -2.40. The molecule has 8 heteroatoms. The molecule has 0 radical (unpaired) electrons.